The van der Waals surface area contributed by atoms with E-state index in [1.54, 1.807) is 10.9 Å². The normalized spacial score (nSPS) is 14.6. The number of alkyl halides is 3. The molecular formula is C30H27ClF5N5O5. The minimum atomic E-state index is -5.51. The molecule has 4 aromatic rings. The Labute approximate surface area is 263 Å². The van der Waals surface area contributed by atoms with Crippen LogP contribution in [0.1, 0.15) is 47.4 Å². The molecule has 1 saturated carbocycles. The van der Waals surface area contributed by atoms with E-state index in [4.69, 9.17) is 26.8 Å². The average Bonchev–Trinajstić information content (AvgIpc) is 3.73. The summed E-state index contributed by atoms with van der Waals surface area (Å²) in [5, 5.41) is 17.9. The lowest BCUT2D eigenvalue weighted by molar-refractivity contribution is -0.265. The Morgan fingerprint density at radius 3 is 2.39 bits per heavy atom. The minimum Gasteiger partial charge on any atom is -0.494 e. The van der Waals surface area contributed by atoms with Gasteiger partial charge in [0.25, 0.3) is 5.91 Å². The topological polar surface area (TPSA) is 142 Å². The summed E-state index contributed by atoms with van der Waals surface area (Å²) < 4.78 is 86.7. The van der Waals surface area contributed by atoms with E-state index in [-0.39, 0.29) is 34.5 Å². The second kappa shape index (κ2) is 12.4. The first kappa shape index (κ1) is 32.9. The predicted octanol–water partition coefficient (Wildman–Crippen LogP) is 4.98. The van der Waals surface area contributed by atoms with E-state index in [2.05, 4.69) is 15.4 Å². The summed E-state index contributed by atoms with van der Waals surface area (Å²) >= 11 is 5.73. The summed E-state index contributed by atoms with van der Waals surface area (Å²) in [7, 11) is 1.35. The van der Waals surface area contributed by atoms with Crippen LogP contribution in [0.2, 0.25) is 5.02 Å². The van der Waals surface area contributed by atoms with Gasteiger partial charge < -0.3 is 25.6 Å². The summed E-state index contributed by atoms with van der Waals surface area (Å²) in [6, 6.07) is 5.00. The van der Waals surface area contributed by atoms with E-state index < -0.39 is 70.9 Å². The fourth-order valence-corrected chi connectivity index (χ4v) is 5.13. The molecule has 2 heterocycles. The number of carbonyl (C=O) groups excluding carboxylic acids is 2. The first-order valence-electron chi connectivity index (χ1n) is 13.9. The van der Waals surface area contributed by atoms with E-state index in [9.17, 15) is 27.9 Å². The molecule has 4 N–H and O–H groups in total. The van der Waals surface area contributed by atoms with Crippen molar-refractivity contribution in [3.63, 3.8) is 0 Å². The third-order valence-corrected chi connectivity index (χ3v) is 7.56. The molecule has 10 nitrogen and oxygen atoms in total. The highest BCUT2D eigenvalue weighted by atomic mass is 35.5. The van der Waals surface area contributed by atoms with Gasteiger partial charge >= 0.3 is 6.18 Å². The molecule has 244 valence electrons. The highest BCUT2D eigenvalue weighted by Gasteiger charge is 2.57. The van der Waals surface area contributed by atoms with Crippen LogP contribution in [0.15, 0.2) is 36.5 Å². The number of nitrogens with one attached hydrogen (secondary N) is 1. The van der Waals surface area contributed by atoms with Gasteiger partial charge in [0, 0.05) is 27.7 Å². The molecule has 46 heavy (non-hydrogen) atoms. The number of carbonyl (C=O) groups is 2. The number of fused-ring (bicyclic) bond motifs is 1. The van der Waals surface area contributed by atoms with Gasteiger partial charge in [0.05, 0.1) is 44.0 Å². The average molecular weight is 668 g/mol. The molecule has 0 aliphatic heterocycles. The largest absolute Gasteiger partial charge is 0.494 e. The molecule has 1 aliphatic carbocycles. The number of ether oxygens (including phenoxy) is 2. The number of benzene rings is 2. The van der Waals surface area contributed by atoms with Crippen LogP contribution < -0.4 is 20.5 Å². The van der Waals surface area contributed by atoms with Crippen molar-refractivity contribution >= 4 is 34.3 Å². The Balaban J connectivity index is 1.59. The van der Waals surface area contributed by atoms with Gasteiger partial charge in [-0.05, 0) is 50.1 Å². The third-order valence-electron chi connectivity index (χ3n) is 7.34. The molecule has 1 fully saturated rings. The number of aromatic nitrogens is 3. The number of hydrogen-bond acceptors (Lipinski definition) is 7. The maximum Gasteiger partial charge on any atom is 0.424 e. The minimum absolute atomic E-state index is 0.0933. The third kappa shape index (κ3) is 6.29. The van der Waals surface area contributed by atoms with Crippen molar-refractivity contribution < 1.29 is 46.1 Å². The number of methoxy groups -OCH3 is 1. The molecule has 0 bridgehead atoms. The van der Waals surface area contributed by atoms with Crippen molar-refractivity contribution in [1.82, 2.24) is 20.1 Å². The van der Waals surface area contributed by atoms with Crippen LogP contribution in [-0.4, -0.2) is 58.1 Å². The molecule has 0 radical (unpaired) electrons. The van der Waals surface area contributed by atoms with Gasteiger partial charge in [-0.15, -0.1) is 0 Å². The zero-order chi connectivity index (χ0) is 33.6. The van der Waals surface area contributed by atoms with Crippen LogP contribution in [0.5, 0.6) is 11.5 Å². The lowest BCUT2D eigenvalue weighted by Gasteiger charge is -2.31. The highest BCUT2D eigenvalue weighted by molar-refractivity contribution is 6.30. The van der Waals surface area contributed by atoms with Gasteiger partial charge in [-0.25, -0.2) is 13.8 Å². The van der Waals surface area contributed by atoms with E-state index in [1.807, 2.05) is 0 Å². The van der Waals surface area contributed by atoms with Gasteiger partial charge in [-0.2, -0.15) is 18.3 Å². The van der Waals surface area contributed by atoms with Crippen molar-refractivity contribution in [2.75, 3.05) is 20.3 Å². The number of halogens is 6. The summed E-state index contributed by atoms with van der Waals surface area (Å²) in [4.78, 5) is 28.9. The Hall–Kier alpha value is -4.50. The Morgan fingerprint density at radius 1 is 1.15 bits per heavy atom. The van der Waals surface area contributed by atoms with Crippen LogP contribution >= 0.6 is 11.6 Å². The number of rotatable bonds is 11. The molecule has 1 aliphatic rings. The Morgan fingerprint density at radius 2 is 1.83 bits per heavy atom. The number of primary amides is 1. The van der Waals surface area contributed by atoms with Gasteiger partial charge in [0.2, 0.25) is 11.5 Å². The van der Waals surface area contributed by atoms with Gasteiger partial charge in [-0.3, -0.25) is 14.3 Å². The first-order valence-corrected chi connectivity index (χ1v) is 14.3. The van der Waals surface area contributed by atoms with Crippen LogP contribution in [-0.2, 0) is 16.8 Å². The fourth-order valence-electron chi connectivity index (χ4n) is 4.94. The molecule has 0 spiro atoms. The standard InChI is InChI=1S/C30H27ClF5N5O5/c1-3-46-27-14(9-23(37)42)8-22(39-26(27)24-19(32)10-17(31)11-20(24)33)29(44,30(34,35)36)13-38-28(43)15-6-16-12-41(18-4-5-18)40-25(16)21(7-15)45-2/h6-8,10-12,18,44H,3-5,9,13H2,1-2H3,(H2,37,42)(H,38,43)/t29-/m0/s1. The van der Waals surface area contributed by atoms with E-state index in [0.29, 0.717) is 29.1 Å². The molecular weight excluding hydrogens is 641 g/mol. The molecule has 16 heteroatoms. The van der Waals surface area contributed by atoms with E-state index >= 15 is 8.78 Å². The van der Waals surface area contributed by atoms with Crippen molar-refractivity contribution in [3.8, 4) is 22.8 Å². The number of pyridine rings is 1. The molecule has 2 amide bonds. The summed E-state index contributed by atoms with van der Waals surface area (Å²) in [6.45, 7) is -0.159. The van der Waals surface area contributed by atoms with Crippen LogP contribution in [0.3, 0.4) is 0 Å². The van der Waals surface area contributed by atoms with Gasteiger partial charge in [-0.1, -0.05) is 11.6 Å². The van der Waals surface area contributed by atoms with Crippen molar-refractivity contribution in [2.45, 2.75) is 44.0 Å². The maximum absolute atomic E-state index is 15.1. The first-order chi connectivity index (χ1) is 21.7. The Kier molecular flexibility index (Phi) is 8.84. The van der Waals surface area contributed by atoms with Crippen LogP contribution in [0.25, 0.3) is 22.2 Å². The zero-order valence-electron chi connectivity index (χ0n) is 24.3. The SMILES string of the molecule is CCOc1c(CC(N)=O)cc([C@@](O)(CNC(=O)c2cc(OC)c3nn(C4CC4)cc3c2)C(F)(F)F)nc1-c1c(F)cc(Cl)cc1F. The van der Waals surface area contributed by atoms with Crippen molar-refractivity contribution in [1.29, 1.82) is 0 Å². The smallest absolute Gasteiger partial charge is 0.424 e. The number of amides is 2. The lowest BCUT2D eigenvalue weighted by atomic mass is 9.93. The van der Waals surface area contributed by atoms with Gasteiger partial charge in [0.1, 0.15) is 34.3 Å². The molecule has 5 rings (SSSR count). The molecule has 2 aromatic heterocycles. The summed E-state index contributed by atoms with van der Waals surface area (Å²) in [6.07, 6.45) is -2.70. The quantitative estimate of drug-likeness (QED) is 0.192. The van der Waals surface area contributed by atoms with E-state index in [1.165, 1.54) is 26.2 Å². The van der Waals surface area contributed by atoms with Crippen LogP contribution in [0.4, 0.5) is 22.0 Å². The van der Waals surface area contributed by atoms with Crippen molar-refractivity contribution in [2.24, 2.45) is 5.73 Å². The monoisotopic (exact) mass is 667 g/mol. The summed E-state index contributed by atoms with van der Waals surface area (Å²) in [5.74, 6) is -4.89. The molecule has 2 aromatic carbocycles. The van der Waals surface area contributed by atoms with Gasteiger partial charge in [0.15, 0.2) is 0 Å². The predicted molar refractivity (Wildman–Crippen MR) is 156 cm³/mol. The Bertz CT molecular complexity index is 1820. The van der Waals surface area contributed by atoms with E-state index in [0.717, 1.165) is 12.8 Å². The highest BCUT2D eigenvalue weighted by Crippen LogP contribution is 2.43. The zero-order valence-corrected chi connectivity index (χ0v) is 25.1. The van der Waals surface area contributed by atoms with Crippen molar-refractivity contribution in [3.05, 3.63) is 70.0 Å². The number of hydrogen-bond donors (Lipinski definition) is 3. The molecule has 0 saturated heterocycles. The summed E-state index contributed by atoms with van der Waals surface area (Å²) in [5.41, 5.74) is -1.52. The number of nitrogens with two attached hydrogens (primary N) is 1. The maximum atomic E-state index is 15.1. The number of aliphatic hydroxyl groups is 1. The fraction of sp³-hybridized carbons (Fsp3) is 0.333. The van der Waals surface area contributed by atoms with Crippen LogP contribution in [0, 0.1) is 11.6 Å². The molecule has 0 unspecified atom stereocenters. The second-order valence-electron chi connectivity index (χ2n) is 10.7. The molecule has 1 atom stereocenters. The lowest BCUT2D eigenvalue weighted by Crippen LogP contribution is -2.51. The number of nitrogens with zero attached hydrogens (tertiary/aromatic N) is 3. The second-order valence-corrected chi connectivity index (χ2v) is 11.1.